The normalized spacial score (nSPS) is 11.6. The van der Waals surface area contributed by atoms with E-state index in [1.807, 2.05) is 4.98 Å². The minimum absolute atomic E-state index is 0.208. The fourth-order valence-corrected chi connectivity index (χ4v) is 0.740. The number of nitrogens with one attached hydrogen (secondary N) is 1. The third kappa shape index (κ3) is 2.46. The second-order valence-electron chi connectivity index (χ2n) is 2.31. The van der Waals surface area contributed by atoms with E-state index in [1.54, 1.807) is 0 Å². The standard InChI is InChI=1S/C6H5F3N2O2/c7-6(8,9)3-2-10-4(11-3)1-5(12)13/h2H,1H2,(H,10,11)(H,12,13). The Balaban J connectivity index is 2.81. The van der Waals surface area contributed by atoms with Crippen LogP contribution in [0.2, 0.25) is 0 Å². The summed E-state index contributed by atoms with van der Waals surface area (Å²) >= 11 is 0. The van der Waals surface area contributed by atoms with Crippen LogP contribution in [0, 0.1) is 0 Å². The van der Waals surface area contributed by atoms with Crippen molar-refractivity contribution in [2.75, 3.05) is 0 Å². The van der Waals surface area contributed by atoms with Crippen LogP contribution < -0.4 is 0 Å². The second-order valence-corrected chi connectivity index (χ2v) is 2.31. The molecule has 4 nitrogen and oxygen atoms in total. The third-order valence-corrected chi connectivity index (χ3v) is 1.25. The number of alkyl halides is 3. The Labute approximate surface area is 70.4 Å². The first kappa shape index (κ1) is 9.56. The molecule has 0 aliphatic rings. The number of imidazole rings is 1. The number of carboxylic acids is 1. The van der Waals surface area contributed by atoms with Crippen molar-refractivity contribution < 1.29 is 23.1 Å². The Kier molecular flexibility index (Phi) is 2.26. The number of H-pyrrole nitrogens is 1. The zero-order chi connectivity index (χ0) is 10.1. The second kappa shape index (κ2) is 3.08. The Morgan fingerprint density at radius 2 is 2.23 bits per heavy atom. The lowest BCUT2D eigenvalue weighted by Gasteiger charge is -2.00. The molecule has 7 heteroatoms. The van der Waals surface area contributed by atoms with Gasteiger partial charge in [0, 0.05) is 0 Å². The first-order valence-corrected chi connectivity index (χ1v) is 3.22. The van der Waals surface area contributed by atoms with Crippen molar-refractivity contribution in [3.63, 3.8) is 0 Å². The third-order valence-electron chi connectivity index (χ3n) is 1.25. The predicted molar refractivity (Wildman–Crippen MR) is 34.9 cm³/mol. The number of carbonyl (C=O) groups is 1. The number of aliphatic carboxylic acids is 1. The van der Waals surface area contributed by atoms with Gasteiger partial charge in [-0.25, -0.2) is 4.98 Å². The monoisotopic (exact) mass is 194 g/mol. The lowest BCUT2D eigenvalue weighted by Crippen LogP contribution is -2.06. The van der Waals surface area contributed by atoms with Crippen LogP contribution in [-0.2, 0) is 17.4 Å². The topological polar surface area (TPSA) is 66.0 Å². The number of halogens is 3. The molecule has 2 N–H and O–H groups in total. The van der Waals surface area contributed by atoms with Gasteiger partial charge in [-0.2, -0.15) is 13.2 Å². The number of aromatic amines is 1. The molecule has 0 aliphatic carbocycles. The van der Waals surface area contributed by atoms with Gasteiger partial charge in [0.15, 0.2) is 0 Å². The predicted octanol–water partition coefficient (Wildman–Crippen LogP) is 1.06. The van der Waals surface area contributed by atoms with E-state index in [4.69, 9.17) is 5.11 Å². The number of hydrogen-bond acceptors (Lipinski definition) is 2. The number of aromatic nitrogens is 2. The van der Waals surface area contributed by atoms with Crippen LogP contribution in [-0.4, -0.2) is 21.0 Å². The van der Waals surface area contributed by atoms with E-state index in [1.165, 1.54) is 0 Å². The van der Waals surface area contributed by atoms with Crippen molar-refractivity contribution in [3.8, 4) is 0 Å². The fraction of sp³-hybridized carbons (Fsp3) is 0.333. The van der Waals surface area contributed by atoms with E-state index in [0.29, 0.717) is 6.20 Å². The molecule has 0 saturated carbocycles. The highest BCUT2D eigenvalue weighted by atomic mass is 19.4. The summed E-state index contributed by atoms with van der Waals surface area (Å²) in [7, 11) is 0. The van der Waals surface area contributed by atoms with Gasteiger partial charge in [0.05, 0.1) is 6.20 Å². The van der Waals surface area contributed by atoms with E-state index >= 15 is 0 Å². The van der Waals surface area contributed by atoms with Gasteiger partial charge in [-0.3, -0.25) is 4.79 Å². The molecule has 1 rings (SSSR count). The molecule has 0 aliphatic heterocycles. The highest BCUT2D eigenvalue weighted by Gasteiger charge is 2.32. The van der Waals surface area contributed by atoms with Crippen molar-refractivity contribution in [1.82, 2.24) is 9.97 Å². The Hall–Kier alpha value is -1.53. The van der Waals surface area contributed by atoms with Crippen LogP contribution in [0.15, 0.2) is 6.20 Å². The lowest BCUT2D eigenvalue weighted by atomic mass is 10.4. The Morgan fingerprint density at radius 3 is 2.62 bits per heavy atom. The van der Waals surface area contributed by atoms with E-state index in [-0.39, 0.29) is 5.82 Å². The van der Waals surface area contributed by atoms with Gasteiger partial charge in [-0.1, -0.05) is 0 Å². The number of nitrogens with zero attached hydrogens (tertiary/aromatic N) is 1. The van der Waals surface area contributed by atoms with Crippen molar-refractivity contribution >= 4 is 5.97 Å². The van der Waals surface area contributed by atoms with Gasteiger partial charge in [0.1, 0.15) is 17.9 Å². The summed E-state index contributed by atoms with van der Waals surface area (Å²) in [5.41, 5.74) is -1.04. The summed E-state index contributed by atoms with van der Waals surface area (Å²) in [5, 5.41) is 8.24. The van der Waals surface area contributed by atoms with Gasteiger partial charge in [0.25, 0.3) is 0 Å². The van der Waals surface area contributed by atoms with Crippen LogP contribution in [0.5, 0.6) is 0 Å². The molecule has 1 aromatic heterocycles. The fourth-order valence-electron chi connectivity index (χ4n) is 0.740. The van der Waals surface area contributed by atoms with Crippen LogP contribution in [0.3, 0.4) is 0 Å². The minimum atomic E-state index is -4.51. The average molecular weight is 194 g/mol. The summed E-state index contributed by atoms with van der Waals surface area (Å²) in [6.45, 7) is 0. The Morgan fingerprint density at radius 1 is 1.62 bits per heavy atom. The molecular weight excluding hydrogens is 189 g/mol. The largest absolute Gasteiger partial charge is 0.481 e. The lowest BCUT2D eigenvalue weighted by molar-refractivity contribution is -0.141. The molecule has 0 fully saturated rings. The number of carboxylic acid groups (broad SMARTS) is 1. The summed E-state index contributed by atoms with van der Waals surface area (Å²) < 4.78 is 35.8. The van der Waals surface area contributed by atoms with Crippen molar-refractivity contribution in [2.45, 2.75) is 12.6 Å². The maximum absolute atomic E-state index is 11.9. The SMILES string of the molecule is O=C(O)Cc1ncc(C(F)(F)F)[nH]1. The average Bonchev–Trinajstić information content (AvgIpc) is 2.32. The molecule has 0 aromatic carbocycles. The zero-order valence-corrected chi connectivity index (χ0v) is 6.22. The molecule has 72 valence electrons. The molecule has 0 unspecified atom stereocenters. The Bertz CT molecular complexity index is 318. The molecule has 0 saturated heterocycles. The van der Waals surface area contributed by atoms with Gasteiger partial charge >= 0.3 is 12.1 Å². The smallest absolute Gasteiger partial charge is 0.432 e. The molecule has 0 atom stereocenters. The summed E-state index contributed by atoms with van der Waals surface area (Å²) in [6.07, 6.45) is -4.49. The molecule has 0 amide bonds. The van der Waals surface area contributed by atoms with Crippen molar-refractivity contribution in [2.24, 2.45) is 0 Å². The first-order chi connectivity index (χ1) is 5.89. The first-order valence-electron chi connectivity index (χ1n) is 3.22. The molecule has 13 heavy (non-hydrogen) atoms. The van der Waals surface area contributed by atoms with E-state index in [2.05, 4.69) is 4.98 Å². The van der Waals surface area contributed by atoms with Crippen LogP contribution in [0.4, 0.5) is 13.2 Å². The molecule has 0 bridgehead atoms. The molecule has 1 aromatic rings. The molecule has 0 radical (unpaired) electrons. The summed E-state index contributed by atoms with van der Waals surface area (Å²) in [5.74, 6) is -1.44. The molecule has 1 heterocycles. The van der Waals surface area contributed by atoms with Gasteiger partial charge in [-0.15, -0.1) is 0 Å². The van der Waals surface area contributed by atoms with Crippen LogP contribution >= 0.6 is 0 Å². The number of rotatable bonds is 2. The van der Waals surface area contributed by atoms with Gasteiger partial charge in [0.2, 0.25) is 0 Å². The van der Waals surface area contributed by atoms with E-state index in [0.717, 1.165) is 0 Å². The summed E-state index contributed by atoms with van der Waals surface area (Å²) in [4.78, 5) is 15.2. The van der Waals surface area contributed by atoms with E-state index in [9.17, 15) is 18.0 Å². The minimum Gasteiger partial charge on any atom is -0.481 e. The zero-order valence-electron chi connectivity index (χ0n) is 6.22. The van der Waals surface area contributed by atoms with Gasteiger partial charge < -0.3 is 10.1 Å². The quantitative estimate of drug-likeness (QED) is 0.739. The highest BCUT2D eigenvalue weighted by molar-refractivity contribution is 5.68. The van der Waals surface area contributed by atoms with Crippen molar-refractivity contribution in [3.05, 3.63) is 17.7 Å². The van der Waals surface area contributed by atoms with Gasteiger partial charge in [-0.05, 0) is 0 Å². The summed E-state index contributed by atoms with van der Waals surface area (Å²) in [6, 6.07) is 0. The maximum Gasteiger partial charge on any atom is 0.432 e. The van der Waals surface area contributed by atoms with Crippen LogP contribution in [0.1, 0.15) is 11.5 Å². The maximum atomic E-state index is 11.9. The van der Waals surface area contributed by atoms with E-state index < -0.39 is 24.3 Å². The van der Waals surface area contributed by atoms with Crippen LogP contribution in [0.25, 0.3) is 0 Å². The number of hydrogen-bond donors (Lipinski definition) is 2. The molecular formula is C6H5F3N2O2. The van der Waals surface area contributed by atoms with Crippen molar-refractivity contribution in [1.29, 1.82) is 0 Å². The molecule has 0 spiro atoms. The highest BCUT2D eigenvalue weighted by Crippen LogP contribution is 2.27.